The lowest BCUT2D eigenvalue weighted by atomic mass is 9.88. The summed E-state index contributed by atoms with van der Waals surface area (Å²) in [7, 11) is -3.48. The standard InChI is InChI=1S/C26H29FN2O4S/c1-3-33-22-11-20(12-23(14-22)34(2,31)32)17-4-5-18(24(27)13-17)8-16(15-28)9-25(30)26-19-6-7-21(10-19)29-26/h4-5,11-14,16,19,21,26,29H,3,6-10H2,1-2H3/t16-,19+,21-,26+/m1/s1. The summed E-state index contributed by atoms with van der Waals surface area (Å²) >= 11 is 0. The number of hydrogen-bond donors (Lipinski definition) is 1. The van der Waals surface area contributed by atoms with Crippen molar-refractivity contribution >= 4 is 15.6 Å². The second-order valence-corrected chi connectivity index (χ2v) is 11.3. The van der Waals surface area contributed by atoms with Crippen molar-refractivity contribution in [3.05, 3.63) is 47.8 Å². The van der Waals surface area contributed by atoms with Gasteiger partial charge in [0, 0.05) is 18.7 Å². The number of piperidine rings is 1. The minimum atomic E-state index is -3.48. The van der Waals surface area contributed by atoms with Crippen molar-refractivity contribution < 1.29 is 22.3 Å². The summed E-state index contributed by atoms with van der Waals surface area (Å²) < 4.78 is 44.7. The topological polar surface area (TPSA) is 96.3 Å². The van der Waals surface area contributed by atoms with Gasteiger partial charge < -0.3 is 10.1 Å². The first-order valence-electron chi connectivity index (χ1n) is 11.6. The summed E-state index contributed by atoms with van der Waals surface area (Å²) in [5.41, 5.74) is 1.38. The molecule has 1 saturated carbocycles. The summed E-state index contributed by atoms with van der Waals surface area (Å²) in [5, 5.41) is 13.0. The first kappa shape index (κ1) is 24.4. The molecule has 34 heavy (non-hydrogen) atoms. The molecule has 6 nitrogen and oxygen atoms in total. The van der Waals surface area contributed by atoms with Crippen LogP contribution in [0.5, 0.6) is 5.75 Å². The molecule has 2 aromatic carbocycles. The van der Waals surface area contributed by atoms with Gasteiger partial charge in [-0.2, -0.15) is 5.26 Å². The van der Waals surface area contributed by atoms with Crippen LogP contribution in [0.1, 0.15) is 38.2 Å². The van der Waals surface area contributed by atoms with Crippen molar-refractivity contribution in [3.8, 4) is 22.9 Å². The van der Waals surface area contributed by atoms with Crippen LogP contribution >= 0.6 is 0 Å². The van der Waals surface area contributed by atoms with Crippen molar-refractivity contribution in [1.82, 2.24) is 5.32 Å². The number of benzene rings is 2. The molecule has 2 fully saturated rings. The number of sulfone groups is 1. The summed E-state index contributed by atoms with van der Waals surface area (Å²) in [5.74, 6) is -0.311. The lowest BCUT2D eigenvalue weighted by molar-refractivity contribution is -0.122. The van der Waals surface area contributed by atoms with E-state index in [1.54, 1.807) is 25.1 Å². The number of ether oxygens (including phenoxy) is 1. The highest BCUT2D eigenvalue weighted by Crippen LogP contribution is 2.36. The molecule has 1 N–H and O–H groups in total. The Labute approximate surface area is 200 Å². The predicted octanol–water partition coefficient (Wildman–Crippen LogP) is 4.08. The second kappa shape index (κ2) is 9.85. The molecule has 2 aromatic rings. The molecule has 2 bridgehead atoms. The van der Waals surface area contributed by atoms with Gasteiger partial charge in [0.1, 0.15) is 11.6 Å². The Morgan fingerprint density at radius 3 is 2.62 bits per heavy atom. The zero-order chi connectivity index (χ0) is 24.5. The van der Waals surface area contributed by atoms with Crippen molar-refractivity contribution in [2.45, 2.75) is 56.0 Å². The van der Waals surface area contributed by atoms with Gasteiger partial charge in [-0.3, -0.25) is 4.79 Å². The van der Waals surface area contributed by atoms with Crippen LogP contribution in [0.25, 0.3) is 11.1 Å². The molecule has 1 aliphatic heterocycles. The van der Waals surface area contributed by atoms with Gasteiger partial charge in [0.15, 0.2) is 15.6 Å². The molecule has 1 heterocycles. The van der Waals surface area contributed by atoms with Gasteiger partial charge in [0.2, 0.25) is 0 Å². The quantitative estimate of drug-likeness (QED) is 0.576. The summed E-state index contributed by atoms with van der Waals surface area (Å²) in [6.07, 6.45) is 4.53. The number of nitrogens with zero attached hydrogens (tertiary/aromatic N) is 1. The molecular weight excluding hydrogens is 455 g/mol. The van der Waals surface area contributed by atoms with Crippen LogP contribution < -0.4 is 10.1 Å². The van der Waals surface area contributed by atoms with Crippen LogP contribution in [0.15, 0.2) is 41.3 Å². The minimum absolute atomic E-state index is 0.0387. The van der Waals surface area contributed by atoms with Gasteiger partial charge in [-0.15, -0.1) is 0 Å². The van der Waals surface area contributed by atoms with Crippen LogP contribution in [-0.4, -0.2) is 39.1 Å². The maximum atomic E-state index is 15.0. The lowest BCUT2D eigenvalue weighted by Crippen LogP contribution is -2.42. The molecule has 8 heteroatoms. The number of Topliss-reactive ketones (excluding diaryl/α,β-unsaturated/α-hetero) is 1. The number of ketones is 1. The maximum absolute atomic E-state index is 15.0. The molecular formula is C26H29FN2O4S. The molecule has 2 aliphatic rings. The number of carbonyl (C=O) groups excluding carboxylic acids is 1. The fraction of sp³-hybridized carbons (Fsp3) is 0.462. The lowest BCUT2D eigenvalue weighted by Gasteiger charge is -2.22. The third-order valence-corrected chi connectivity index (χ3v) is 7.90. The zero-order valence-electron chi connectivity index (χ0n) is 19.4. The predicted molar refractivity (Wildman–Crippen MR) is 127 cm³/mol. The molecule has 0 aromatic heterocycles. The van der Waals surface area contributed by atoms with Crippen LogP contribution in [0.3, 0.4) is 0 Å². The summed E-state index contributed by atoms with van der Waals surface area (Å²) in [6.45, 7) is 2.16. The molecule has 1 saturated heterocycles. The van der Waals surface area contributed by atoms with E-state index in [0.29, 0.717) is 41.0 Å². The van der Waals surface area contributed by atoms with E-state index in [2.05, 4.69) is 11.4 Å². The summed E-state index contributed by atoms with van der Waals surface area (Å²) in [6, 6.07) is 11.6. The van der Waals surface area contributed by atoms with Crippen LogP contribution in [0, 0.1) is 29.0 Å². The van der Waals surface area contributed by atoms with Gasteiger partial charge in [-0.25, -0.2) is 12.8 Å². The maximum Gasteiger partial charge on any atom is 0.175 e. The van der Waals surface area contributed by atoms with E-state index < -0.39 is 21.6 Å². The third-order valence-electron chi connectivity index (χ3n) is 6.81. The largest absolute Gasteiger partial charge is 0.494 e. The number of hydrogen-bond acceptors (Lipinski definition) is 6. The van der Waals surface area contributed by atoms with E-state index in [4.69, 9.17) is 4.74 Å². The molecule has 180 valence electrons. The Morgan fingerprint density at radius 1 is 1.24 bits per heavy atom. The highest BCUT2D eigenvalue weighted by molar-refractivity contribution is 7.90. The number of carbonyl (C=O) groups is 1. The number of nitriles is 1. The minimum Gasteiger partial charge on any atom is -0.494 e. The number of nitrogens with one attached hydrogen (secondary N) is 1. The Kier molecular flexibility index (Phi) is 7.06. The average molecular weight is 485 g/mol. The average Bonchev–Trinajstić information content (AvgIpc) is 3.43. The van der Waals surface area contributed by atoms with E-state index in [0.717, 1.165) is 25.5 Å². The summed E-state index contributed by atoms with van der Waals surface area (Å²) in [4.78, 5) is 12.8. The van der Waals surface area contributed by atoms with Crippen molar-refractivity contribution in [2.75, 3.05) is 12.9 Å². The molecule has 1 aliphatic carbocycles. The van der Waals surface area contributed by atoms with E-state index >= 15 is 4.39 Å². The Bertz CT molecular complexity index is 1240. The monoisotopic (exact) mass is 484 g/mol. The smallest absolute Gasteiger partial charge is 0.175 e. The Balaban J connectivity index is 1.51. The second-order valence-electron chi connectivity index (χ2n) is 9.32. The van der Waals surface area contributed by atoms with Crippen molar-refractivity contribution in [1.29, 1.82) is 5.26 Å². The van der Waals surface area contributed by atoms with E-state index in [1.165, 1.54) is 18.2 Å². The number of halogens is 1. The van der Waals surface area contributed by atoms with Gasteiger partial charge in [-0.05, 0) is 79.5 Å². The first-order chi connectivity index (χ1) is 16.2. The van der Waals surface area contributed by atoms with Gasteiger partial charge in [0.05, 0.1) is 29.5 Å². The van der Waals surface area contributed by atoms with Crippen LogP contribution in [0.2, 0.25) is 0 Å². The fourth-order valence-corrected chi connectivity index (χ4v) is 5.78. The highest BCUT2D eigenvalue weighted by atomic mass is 32.2. The normalized spacial score (nSPS) is 22.4. The third kappa shape index (κ3) is 5.31. The van der Waals surface area contributed by atoms with Gasteiger partial charge >= 0.3 is 0 Å². The van der Waals surface area contributed by atoms with Crippen molar-refractivity contribution in [2.24, 2.45) is 11.8 Å². The van der Waals surface area contributed by atoms with Crippen LogP contribution in [0.4, 0.5) is 4.39 Å². The van der Waals surface area contributed by atoms with E-state index in [9.17, 15) is 18.5 Å². The SMILES string of the molecule is CCOc1cc(-c2ccc(C[C@@H](C#N)CC(=O)[C@H]3N[C@@H]4CC[C@H]3C4)c(F)c2)cc(S(C)(=O)=O)c1. The molecule has 0 unspecified atom stereocenters. The zero-order valence-corrected chi connectivity index (χ0v) is 20.2. The molecule has 4 atom stereocenters. The molecule has 4 rings (SSSR count). The van der Waals surface area contributed by atoms with Gasteiger partial charge in [0.25, 0.3) is 0 Å². The van der Waals surface area contributed by atoms with E-state index in [-0.39, 0.29) is 29.6 Å². The number of rotatable bonds is 9. The highest BCUT2D eigenvalue weighted by Gasteiger charge is 2.42. The Morgan fingerprint density at radius 2 is 2.03 bits per heavy atom. The first-order valence-corrected chi connectivity index (χ1v) is 13.5. The molecule has 0 radical (unpaired) electrons. The Hall–Kier alpha value is -2.76. The van der Waals surface area contributed by atoms with E-state index in [1.807, 2.05) is 0 Å². The number of fused-ring (bicyclic) bond motifs is 2. The molecule has 0 amide bonds. The van der Waals surface area contributed by atoms with Crippen LogP contribution in [-0.2, 0) is 21.1 Å². The van der Waals surface area contributed by atoms with Gasteiger partial charge in [-0.1, -0.05) is 12.1 Å². The molecule has 0 spiro atoms. The van der Waals surface area contributed by atoms with Crippen molar-refractivity contribution in [3.63, 3.8) is 0 Å². The fourth-order valence-electron chi connectivity index (χ4n) is 5.11.